The van der Waals surface area contributed by atoms with Crippen LogP contribution >= 0.6 is 0 Å². The molecule has 0 amide bonds. The van der Waals surface area contributed by atoms with E-state index in [4.69, 9.17) is 5.11 Å². The minimum Gasteiger partial charge on any atom is -0.478 e. The molecular formula is C12H11NO3. The fraction of sp³-hybridized carbons (Fsp3) is 0.167. The number of carboxylic acid groups (broad SMARTS) is 1. The number of carbonyl (C=O) groups is 2. The third kappa shape index (κ3) is 1.39. The van der Waals surface area contributed by atoms with Crippen LogP contribution in [-0.4, -0.2) is 22.3 Å². The topological polar surface area (TPSA) is 70.2 Å². The van der Waals surface area contributed by atoms with E-state index in [1.165, 1.54) is 6.07 Å². The van der Waals surface area contributed by atoms with Gasteiger partial charge in [-0.2, -0.15) is 0 Å². The Morgan fingerprint density at radius 2 is 2.06 bits per heavy atom. The fourth-order valence-electron chi connectivity index (χ4n) is 1.90. The van der Waals surface area contributed by atoms with Gasteiger partial charge in [-0.25, -0.2) is 4.79 Å². The highest BCUT2D eigenvalue weighted by molar-refractivity contribution is 6.03. The van der Waals surface area contributed by atoms with Crippen LogP contribution in [0.15, 0.2) is 12.1 Å². The number of H-pyrrole nitrogens is 1. The molecule has 16 heavy (non-hydrogen) atoms. The summed E-state index contributed by atoms with van der Waals surface area (Å²) in [6, 6.07) is 3.12. The zero-order valence-electron chi connectivity index (χ0n) is 9.00. The molecular weight excluding hydrogens is 206 g/mol. The minimum absolute atomic E-state index is 0.201. The molecule has 1 heterocycles. The molecule has 0 aliphatic carbocycles. The average molecular weight is 217 g/mol. The number of nitrogens with one attached hydrogen (secondary N) is 1. The summed E-state index contributed by atoms with van der Waals surface area (Å²) in [7, 11) is 0. The third-order valence-corrected chi connectivity index (χ3v) is 2.71. The van der Waals surface area contributed by atoms with Gasteiger partial charge in [-0.3, -0.25) is 4.79 Å². The number of benzene rings is 1. The van der Waals surface area contributed by atoms with Crippen LogP contribution in [0.4, 0.5) is 0 Å². The van der Waals surface area contributed by atoms with E-state index in [0.29, 0.717) is 10.9 Å². The molecule has 0 atom stereocenters. The fourth-order valence-corrected chi connectivity index (χ4v) is 1.90. The number of aromatic carboxylic acids is 1. The van der Waals surface area contributed by atoms with E-state index >= 15 is 0 Å². The van der Waals surface area contributed by atoms with Gasteiger partial charge >= 0.3 is 5.97 Å². The lowest BCUT2D eigenvalue weighted by Crippen LogP contribution is -1.96. The molecule has 2 rings (SSSR count). The lowest BCUT2D eigenvalue weighted by atomic mass is 10.0. The van der Waals surface area contributed by atoms with Gasteiger partial charge in [0.05, 0.1) is 5.56 Å². The second-order valence-electron chi connectivity index (χ2n) is 3.80. The van der Waals surface area contributed by atoms with Crippen molar-refractivity contribution in [2.75, 3.05) is 0 Å². The van der Waals surface area contributed by atoms with Crippen molar-refractivity contribution in [3.63, 3.8) is 0 Å². The molecule has 0 aliphatic rings. The van der Waals surface area contributed by atoms with E-state index < -0.39 is 5.97 Å². The number of carboxylic acids is 1. The first-order valence-electron chi connectivity index (χ1n) is 4.86. The van der Waals surface area contributed by atoms with Crippen LogP contribution in [0.1, 0.15) is 32.0 Å². The Kier molecular flexibility index (Phi) is 2.27. The standard InChI is InChI=1S/C12H11NO3/c1-6-3-8(12(15)16)4-9-10(5-14)7(2)13-11(6)9/h3-5,13H,1-2H3,(H,15,16). The number of aryl methyl sites for hydroxylation is 2. The van der Waals surface area contributed by atoms with Gasteiger partial charge in [0.2, 0.25) is 0 Å². The molecule has 4 nitrogen and oxygen atoms in total. The summed E-state index contributed by atoms with van der Waals surface area (Å²) in [5, 5.41) is 9.61. The van der Waals surface area contributed by atoms with Crippen molar-refractivity contribution in [2.24, 2.45) is 0 Å². The van der Waals surface area contributed by atoms with Crippen molar-refractivity contribution < 1.29 is 14.7 Å². The molecule has 0 fully saturated rings. The minimum atomic E-state index is -0.985. The molecule has 0 aliphatic heterocycles. The molecule has 0 unspecified atom stereocenters. The van der Waals surface area contributed by atoms with E-state index in [1.54, 1.807) is 13.0 Å². The number of aromatic amines is 1. The Morgan fingerprint density at radius 1 is 1.38 bits per heavy atom. The molecule has 0 saturated heterocycles. The van der Waals surface area contributed by atoms with E-state index in [1.807, 2.05) is 6.92 Å². The smallest absolute Gasteiger partial charge is 0.335 e. The van der Waals surface area contributed by atoms with Gasteiger partial charge in [0.25, 0.3) is 0 Å². The zero-order chi connectivity index (χ0) is 11.9. The molecule has 1 aromatic heterocycles. The van der Waals surface area contributed by atoms with E-state index in [0.717, 1.165) is 23.1 Å². The summed E-state index contributed by atoms with van der Waals surface area (Å²) in [6.45, 7) is 3.61. The third-order valence-electron chi connectivity index (χ3n) is 2.71. The normalized spacial score (nSPS) is 10.6. The predicted octanol–water partition coefficient (Wildman–Crippen LogP) is 2.30. The highest BCUT2D eigenvalue weighted by atomic mass is 16.4. The monoisotopic (exact) mass is 217 g/mol. The van der Waals surface area contributed by atoms with Gasteiger partial charge in [0.15, 0.2) is 6.29 Å². The van der Waals surface area contributed by atoms with E-state index in [-0.39, 0.29) is 5.56 Å². The Balaban J connectivity index is 2.88. The second-order valence-corrected chi connectivity index (χ2v) is 3.80. The highest BCUT2D eigenvalue weighted by Crippen LogP contribution is 2.25. The van der Waals surface area contributed by atoms with Crippen LogP contribution in [0.3, 0.4) is 0 Å². The molecule has 0 radical (unpaired) electrons. The largest absolute Gasteiger partial charge is 0.478 e. The van der Waals surface area contributed by atoms with Crippen LogP contribution in [0.25, 0.3) is 10.9 Å². The van der Waals surface area contributed by atoms with E-state index in [9.17, 15) is 9.59 Å². The number of aldehydes is 1. The molecule has 0 bridgehead atoms. The average Bonchev–Trinajstić information content (AvgIpc) is 2.54. The Hall–Kier alpha value is -2.10. The molecule has 4 heteroatoms. The van der Waals surface area contributed by atoms with Gasteiger partial charge < -0.3 is 10.1 Å². The number of fused-ring (bicyclic) bond motifs is 1. The number of carbonyl (C=O) groups excluding carboxylic acids is 1. The predicted molar refractivity (Wildman–Crippen MR) is 60.1 cm³/mol. The summed E-state index contributed by atoms with van der Waals surface area (Å²) in [5.74, 6) is -0.985. The van der Waals surface area contributed by atoms with Gasteiger partial charge in [-0.1, -0.05) is 0 Å². The van der Waals surface area contributed by atoms with Gasteiger partial charge in [-0.15, -0.1) is 0 Å². The molecule has 0 saturated carbocycles. The SMILES string of the molecule is Cc1[nH]c2c(C)cc(C(=O)O)cc2c1C=O. The van der Waals surface area contributed by atoms with Crippen molar-refractivity contribution in [3.05, 3.63) is 34.5 Å². The van der Waals surface area contributed by atoms with Gasteiger partial charge in [-0.05, 0) is 31.5 Å². The first-order chi connectivity index (χ1) is 7.54. The van der Waals surface area contributed by atoms with Gasteiger partial charge in [0, 0.05) is 22.2 Å². The number of hydrogen-bond donors (Lipinski definition) is 2. The second kappa shape index (κ2) is 3.48. The molecule has 2 aromatic rings. The van der Waals surface area contributed by atoms with Crippen LogP contribution < -0.4 is 0 Å². The van der Waals surface area contributed by atoms with Crippen molar-refractivity contribution in [2.45, 2.75) is 13.8 Å². The maximum Gasteiger partial charge on any atom is 0.335 e. The van der Waals surface area contributed by atoms with Crippen LogP contribution in [0, 0.1) is 13.8 Å². The number of aromatic nitrogens is 1. The number of rotatable bonds is 2. The lowest BCUT2D eigenvalue weighted by molar-refractivity contribution is 0.0696. The summed E-state index contributed by atoms with van der Waals surface area (Å²) >= 11 is 0. The lowest BCUT2D eigenvalue weighted by Gasteiger charge is -2.00. The summed E-state index contributed by atoms with van der Waals surface area (Å²) in [5.41, 5.74) is 3.14. The highest BCUT2D eigenvalue weighted by Gasteiger charge is 2.13. The zero-order valence-corrected chi connectivity index (χ0v) is 9.00. The summed E-state index contributed by atoms with van der Waals surface area (Å²) in [6.07, 6.45) is 0.749. The van der Waals surface area contributed by atoms with Crippen LogP contribution in [0.2, 0.25) is 0 Å². The van der Waals surface area contributed by atoms with Crippen molar-refractivity contribution in [1.82, 2.24) is 4.98 Å². The maximum atomic E-state index is 10.9. The van der Waals surface area contributed by atoms with Crippen molar-refractivity contribution in [3.8, 4) is 0 Å². The first kappa shape index (κ1) is 10.4. The molecule has 1 aromatic carbocycles. The Morgan fingerprint density at radius 3 is 2.62 bits per heavy atom. The molecule has 0 spiro atoms. The van der Waals surface area contributed by atoms with Crippen LogP contribution in [-0.2, 0) is 0 Å². The summed E-state index contributed by atoms with van der Waals surface area (Å²) in [4.78, 5) is 24.9. The van der Waals surface area contributed by atoms with Crippen molar-refractivity contribution in [1.29, 1.82) is 0 Å². The first-order valence-corrected chi connectivity index (χ1v) is 4.86. The molecule has 82 valence electrons. The van der Waals surface area contributed by atoms with Gasteiger partial charge in [0.1, 0.15) is 0 Å². The van der Waals surface area contributed by atoms with Crippen LogP contribution in [0.5, 0.6) is 0 Å². The van der Waals surface area contributed by atoms with E-state index in [2.05, 4.69) is 4.98 Å². The van der Waals surface area contributed by atoms with Crippen molar-refractivity contribution >= 4 is 23.2 Å². The Bertz CT molecular complexity index is 596. The molecule has 2 N–H and O–H groups in total. The number of hydrogen-bond acceptors (Lipinski definition) is 2. The maximum absolute atomic E-state index is 10.9. The summed E-state index contributed by atoms with van der Waals surface area (Å²) < 4.78 is 0. The quantitative estimate of drug-likeness (QED) is 0.758. The Labute approximate surface area is 91.9 Å².